The number of anilines is 2. The van der Waals surface area contributed by atoms with E-state index < -0.39 is 0 Å². The van der Waals surface area contributed by atoms with Crippen molar-refractivity contribution in [3.8, 4) is 0 Å². The number of amides is 1. The molecule has 26 heavy (non-hydrogen) atoms. The fourth-order valence-electron chi connectivity index (χ4n) is 3.22. The minimum atomic E-state index is -0.287. The molecule has 1 N–H and O–H groups in total. The first-order valence-corrected chi connectivity index (χ1v) is 9.65. The van der Waals surface area contributed by atoms with E-state index in [4.69, 9.17) is 0 Å². The van der Waals surface area contributed by atoms with E-state index in [-0.39, 0.29) is 12.1 Å². The van der Waals surface area contributed by atoms with Gasteiger partial charge in [-0.05, 0) is 55.1 Å². The molecule has 1 amide bonds. The average molecular weight is 361 g/mol. The van der Waals surface area contributed by atoms with Crippen LogP contribution in [0.1, 0.15) is 27.7 Å². The molecular weight excluding hydrogens is 342 g/mol. The highest BCUT2D eigenvalue weighted by atomic mass is 32.2. The van der Waals surface area contributed by atoms with Crippen molar-refractivity contribution in [1.82, 2.24) is 4.98 Å². The van der Waals surface area contributed by atoms with Crippen molar-refractivity contribution >= 4 is 29.2 Å². The number of carbonyl (C=O) groups excluding carboxylic acids is 1. The molecule has 0 aliphatic carbocycles. The molecule has 1 atom stereocenters. The fraction of sp³-hybridized carbons (Fsp3) is 0.143. The molecule has 2 aromatic carbocycles. The second kappa shape index (κ2) is 6.84. The molecule has 0 fully saturated rings. The monoisotopic (exact) mass is 361 g/mol. The lowest BCUT2D eigenvalue weighted by Gasteiger charge is -2.26. The highest BCUT2D eigenvalue weighted by molar-refractivity contribution is 7.98. The highest BCUT2D eigenvalue weighted by Crippen LogP contribution is 2.37. The van der Waals surface area contributed by atoms with E-state index in [0.29, 0.717) is 11.4 Å². The lowest BCUT2D eigenvalue weighted by Crippen LogP contribution is -2.33. The second-order valence-corrected chi connectivity index (χ2v) is 7.11. The molecule has 1 unspecified atom stereocenters. The molecule has 0 radical (unpaired) electrons. The van der Waals surface area contributed by atoms with Gasteiger partial charge in [0.1, 0.15) is 12.0 Å². The lowest BCUT2D eigenvalue weighted by atomic mass is 10.1. The minimum absolute atomic E-state index is 0.0304. The summed E-state index contributed by atoms with van der Waals surface area (Å²) in [6.45, 7) is 2.00. The topological polar surface area (TPSA) is 45.2 Å². The SMILES string of the molecule is CSc1cccc(NC2c3ccccc3C(=O)N2c2cc(C)ccn2)c1. The van der Waals surface area contributed by atoms with Crippen molar-refractivity contribution in [2.24, 2.45) is 0 Å². The van der Waals surface area contributed by atoms with E-state index in [1.54, 1.807) is 22.9 Å². The number of benzene rings is 2. The van der Waals surface area contributed by atoms with Crippen LogP contribution in [0.15, 0.2) is 71.8 Å². The van der Waals surface area contributed by atoms with Crippen LogP contribution >= 0.6 is 11.8 Å². The summed E-state index contributed by atoms with van der Waals surface area (Å²) in [5, 5.41) is 3.52. The Morgan fingerprint density at radius 1 is 1.08 bits per heavy atom. The van der Waals surface area contributed by atoms with E-state index in [2.05, 4.69) is 28.7 Å². The predicted octanol–water partition coefficient (Wildman–Crippen LogP) is 4.88. The van der Waals surface area contributed by atoms with Gasteiger partial charge >= 0.3 is 0 Å². The normalized spacial score (nSPS) is 15.8. The minimum Gasteiger partial charge on any atom is -0.361 e. The molecule has 4 rings (SSSR count). The Balaban J connectivity index is 1.78. The molecule has 0 bridgehead atoms. The molecule has 3 aromatic rings. The van der Waals surface area contributed by atoms with Crippen LogP contribution in [0.2, 0.25) is 0 Å². The van der Waals surface area contributed by atoms with Crippen LogP contribution in [0, 0.1) is 6.92 Å². The zero-order valence-electron chi connectivity index (χ0n) is 14.6. The maximum atomic E-state index is 13.1. The number of aryl methyl sites for hydroxylation is 1. The van der Waals surface area contributed by atoms with E-state index in [1.165, 1.54) is 4.90 Å². The molecule has 5 heteroatoms. The van der Waals surface area contributed by atoms with Gasteiger partial charge in [0, 0.05) is 27.9 Å². The van der Waals surface area contributed by atoms with E-state index >= 15 is 0 Å². The van der Waals surface area contributed by atoms with Crippen LogP contribution in [0.4, 0.5) is 11.5 Å². The lowest BCUT2D eigenvalue weighted by molar-refractivity contribution is 0.0992. The van der Waals surface area contributed by atoms with Crippen LogP contribution in [0.3, 0.4) is 0 Å². The first kappa shape index (κ1) is 16.7. The van der Waals surface area contributed by atoms with Crippen molar-refractivity contribution in [2.75, 3.05) is 16.5 Å². The van der Waals surface area contributed by atoms with Gasteiger partial charge in [0.15, 0.2) is 0 Å². The molecule has 130 valence electrons. The number of fused-ring (bicyclic) bond motifs is 1. The van der Waals surface area contributed by atoms with Crippen molar-refractivity contribution in [2.45, 2.75) is 18.0 Å². The number of aromatic nitrogens is 1. The third-order valence-electron chi connectivity index (χ3n) is 4.48. The van der Waals surface area contributed by atoms with Crippen molar-refractivity contribution < 1.29 is 4.79 Å². The number of carbonyl (C=O) groups is 1. The molecular formula is C21H19N3OS. The smallest absolute Gasteiger partial charge is 0.261 e. The summed E-state index contributed by atoms with van der Waals surface area (Å²) in [5.41, 5.74) is 3.73. The number of thioether (sulfide) groups is 1. The summed E-state index contributed by atoms with van der Waals surface area (Å²) in [5.74, 6) is 0.627. The quantitative estimate of drug-likeness (QED) is 0.673. The molecule has 4 nitrogen and oxygen atoms in total. The summed E-state index contributed by atoms with van der Waals surface area (Å²) in [7, 11) is 0. The first-order chi connectivity index (χ1) is 12.7. The van der Waals surface area contributed by atoms with Crippen molar-refractivity contribution in [1.29, 1.82) is 0 Å². The Bertz CT molecular complexity index is 973. The van der Waals surface area contributed by atoms with Crippen molar-refractivity contribution in [3.63, 3.8) is 0 Å². The highest BCUT2D eigenvalue weighted by Gasteiger charge is 2.38. The standard InChI is InChI=1S/C21H19N3OS/c1-14-10-11-22-19(12-14)24-20(17-8-3-4-9-18(17)21(24)25)23-15-6-5-7-16(13-15)26-2/h3-13,20,23H,1-2H3. The van der Waals surface area contributed by atoms with Crippen LogP contribution in [-0.4, -0.2) is 17.1 Å². The van der Waals surface area contributed by atoms with Crippen LogP contribution in [0.25, 0.3) is 0 Å². The Morgan fingerprint density at radius 2 is 1.92 bits per heavy atom. The largest absolute Gasteiger partial charge is 0.361 e. The van der Waals surface area contributed by atoms with Gasteiger partial charge in [-0.3, -0.25) is 9.69 Å². The van der Waals surface area contributed by atoms with Crippen LogP contribution in [-0.2, 0) is 0 Å². The Morgan fingerprint density at radius 3 is 2.73 bits per heavy atom. The zero-order valence-corrected chi connectivity index (χ0v) is 15.5. The Kier molecular flexibility index (Phi) is 4.39. The third kappa shape index (κ3) is 2.95. The number of nitrogens with zero attached hydrogens (tertiary/aromatic N) is 2. The Labute approximate surface area is 157 Å². The summed E-state index contributed by atoms with van der Waals surface area (Å²) < 4.78 is 0. The van der Waals surface area contributed by atoms with Crippen LogP contribution in [0.5, 0.6) is 0 Å². The van der Waals surface area contributed by atoms with Crippen molar-refractivity contribution in [3.05, 3.63) is 83.6 Å². The maximum absolute atomic E-state index is 13.1. The molecule has 0 saturated heterocycles. The van der Waals surface area contributed by atoms with Gasteiger partial charge in [0.05, 0.1) is 0 Å². The average Bonchev–Trinajstić information content (AvgIpc) is 2.94. The number of rotatable bonds is 4. The predicted molar refractivity (Wildman–Crippen MR) is 107 cm³/mol. The van der Waals surface area contributed by atoms with Gasteiger partial charge in [0.2, 0.25) is 0 Å². The molecule has 0 saturated carbocycles. The van der Waals surface area contributed by atoms with Gasteiger partial charge in [0.25, 0.3) is 5.91 Å². The summed E-state index contributed by atoms with van der Waals surface area (Å²) in [6.07, 6.45) is 3.51. The number of nitrogens with one attached hydrogen (secondary N) is 1. The first-order valence-electron chi connectivity index (χ1n) is 8.43. The van der Waals surface area contributed by atoms with Gasteiger partial charge in [-0.15, -0.1) is 11.8 Å². The fourth-order valence-corrected chi connectivity index (χ4v) is 3.68. The molecule has 1 aliphatic rings. The van der Waals surface area contributed by atoms with Gasteiger partial charge < -0.3 is 5.32 Å². The maximum Gasteiger partial charge on any atom is 0.261 e. The van der Waals surface area contributed by atoms with E-state index in [1.807, 2.05) is 55.5 Å². The molecule has 2 heterocycles. The second-order valence-electron chi connectivity index (χ2n) is 6.23. The third-order valence-corrected chi connectivity index (χ3v) is 5.21. The van der Waals surface area contributed by atoms with Crippen LogP contribution < -0.4 is 10.2 Å². The van der Waals surface area contributed by atoms with Gasteiger partial charge in [-0.1, -0.05) is 24.3 Å². The number of pyridine rings is 1. The molecule has 0 spiro atoms. The Hall–Kier alpha value is -2.79. The molecule has 1 aromatic heterocycles. The van der Waals surface area contributed by atoms with Gasteiger partial charge in [-0.25, -0.2) is 4.98 Å². The summed E-state index contributed by atoms with van der Waals surface area (Å²) in [6, 6.07) is 19.8. The zero-order chi connectivity index (χ0) is 18.1. The van der Waals surface area contributed by atoms with E-state index in [9.17, 15) is 4.79 Å². The summed E-state index contributed by atoms with van der Waals surface area (Å²) in [4.78, 5) is 20.4. The molecule has 1 aliphatic heterocycles. The number of hydrogen-bond acceptors (Lipinski definition) is 4. The summed E-state index contributed by atoms with van der Waals surface area (Å²) >= 11 is 1.69. The number of hydrogen-bond donors (Lipinski definition) is 1. The van der Waals surface area contributed by atoms with Gasteiger partial charge in [-0.2, -0.15) is 0 Å². The van der Waals surface area contributed by atoms with E-state index in [0.717, 1.165) is 16.8 Å².